The van der Waals surface area contributed by atoms with E-state index in [4.69, 9.17) is 28.4 Å². The van der Waals surface area contributed by atoms with Gasteiger partial charge in [-0.15, -0.1) is 0 Å². The van der Waals surface area contributed by atoms with Gasteiger partial charge in [-0.25, -0.2) is 0 Å². The summed E-state index contributed by atoms with van der Waals surface area (Å²) in [5, 5.41) is 4.26. The molecular formula is C45H66IO6P. The van der Waals surface area contributed by atoms with Crippen molar-refractivity contribution in [2.24, 2.45) is 0 Å². The second-order valence-electron chi connectivity index (χ2n) is 14.7. The maximum atomic E-state index is 6.84. The molecule has 0 amide bonds. The standard InChI is InChI=1S/C45H66O6P.HI/c1-4-5-6-7-8-9-10-20-28-40(48-35-46-2)42-30-32-44(50-42)45-33-31-43(51-45)41(49-36-47-3)29-21-34-52(37-22-14-11-15-23-37,38-24-16-12-17-25-38)39-26-18-13-19-27-39;/h11-19,22-27,40-45H,4-10,20-21,28-36H2,1-3H3;1H/q+1;/p-1/t40-,41-,42-,43-,44-,45-;/m1./s1. The summed E-state index contributed by atoms with van der Waals surface area (Å²) < 4.78 is 36.9. The van der Waals surface area contributed by atoms with Crippen molar-refractivity contribution >= 4 is 23.2 Å². The number of unbranched alkanes of at least 4 members (excludes halogenated alkanes) is 7. The van der Waals surface area contributed by atoms with Crippen LogP contribution in [0.3, 0.4) is 0 Å². The first kappa shape index (κ1) is 44.3. The molecule has 2 saturated heterocycles. The molecule has 2 aliphatic heterocycles. The van der Waals surface area contributed by atoms with E-state index >= 15 is 0 Å². The van der Waals surface area contributed by atoms with Crippen LogP contribution in [0.4, 0.5) is 0 Å². The van der Waals surface area contributed by atoms with Gasteiger partial charge in [-0.05, 0) is 81.3 Å². The van der Waals surface area contributed by atoms with E-state index in [1.807, 2.05) is 0 Å². The van der Waals surface area contributed by atoms with Crippen LogP contribution in [-0.2, 0) is 28.4 Å². The third-order valence-corrected chi connectivity index (χ3v) is 15.7. The molecule has 3 aromatic carbocycles. The van der Waals surface area contributed by atoms with Gasteiger partial charge in [0.05, 0.1) is 42.8 Å². The summed E-state index contributed by atoms with van der Waals surface area (Å²) in [6.07, 6.45) is 18.8. The molecule has 3 aromatic rings. The number of halogens is 1. The third kappa shape index (κ3) is 13.1. The summed E-state index contributed by atoms with van der Waals surface area (Å²) in [6.45, 7) is 2.86. The molecule has 0 saturated carbocycles. The van der Waals surface area contributed by atoms with Gasteiger partial charge in [-0.2, -0.15) is 0 Å². The second-order valence-corrected chi connectivity index (χ2v) is 18.4. The fraction of sp³-hybridized carbons (Fsp3) is 0.600. The van der Waals surface area contributed by atoms with Crippen LogP contribution in [0.5, 0.6) is 0 Å². The minimum absolute atomic E-state index is 0. The van der Waals surface area contributed by atoms with E-state index in [9.17, 15) is 0 Å². The first-order chi connectivity index (χ1) is 25.7. The summed E-state index contributed by atoms with van der Waals surface area (Å²) in [7, 11) is 1.50. The van der Waals surface area contributed by atoms with E-state index in [1.54, 1.807) is 14.2 Å². The summed E-state index contributed by atoms with van der Waals surface area (Å²) in [5.41, 5.74) is 0. The molecule has 53 heavy (non-hydrogen) atoms. The molecule has 294 valence electrons. The van der Waals surface area contributed by atoms with Gasteiger partial charge in [0.25, 0.3) is 0 Å². The molecule has 8 heteroatoms. The van der Waals surface area contributed by atoms with Crippen molar-refractivity contribution in [3.8, 4) is 0 Å². The van der Waals surface area contributed by atoms with Crippen LogP contribution in [-0.4, -0.2) is 70.6 Å². The number of hydrogen-bond acceptors (Lipinski definition) is 6. The third-order valence-electron chi connectivity index (χ3n) is 11.1. The normalized spacial score (nSPS) is 21.3. The largest absolute Gasteiger partial charge is 1.00 e. The van der Waals surface area contributed by atoms with Gasteiger partial charge in [0.1, 0.15) is 36.8 Å². The monoisotopic (exact) mass is 860 g/mol. The van der Waals surface area contributed by atoms with E-state index in [1.165, 1.54) is 67.3 Å². The lowest BCUT2D eigenvalue weighted by atomic mass is 10.0. The average Bonchev–Trinajstić information content (AvgIpc) is 3.89. The fourth-order valence-electron chi connectivity index (χ4n) is 8.43. The smallest absolute Gasteiger partial charge is 0.146 e. The van der Waals surface area contributed by atoms with Gasteiger partial charge in [0, 0.05) is 14.2 Å². The minimum atomic E-state index is -1.91. The summed E-state index contributed by atoms with van der Waals surface area (Å²) >= 11 is 0. The molecule has 6 atom stereocenters. The minimum Gasteiger partial charge on any atom is -1.00 e. The SMILES string of the molecule is CCCCCCCCCC[C@@H](OCOC)[C@H]1CC[C@H]([C@H]2CC[C@H]([C@@H](CCC[P+](c3ccccc3)(c3ccccc3)c3ccccc3)OCOC)O2)O1.[I-]. The molecule has 5 rings (SSSR count). The van der Waals surface area contributed by atoms with Crippen LogP contribution in [0.15, 0.2) is 91.0 Å². The van der Waals surface area contributed by atoms with Crippen molar-refractivity contribution in [1.29, 1.82) is 0 Å². The van der Waals surface area contributed by atoms with Gasteiger partial charge in [-0.3, -0.25) is 0 Å². The first-order valence-corrected chi connectivity index (χ1v) is 22.2. The van der Waals surface area contributed by atoms with Gasteiger partial charge in [0.2, 0.25) is 0 Å². The van der Waals surface area contributed by atoms with Crippen molar-refractivity contribution < 1.29 is 52.4 Å². The van der Waals surface area contributed by atoms with E-state index in [0.29, 0.717) is 6.79 Å². The summed E-state index contributed by atoms with van der Waals surface area (Å²) in [6, 6.07) is 33.4. The topological polar surface area (TPSA) is 55.4 Å². The van der Waals surface area contributed by atoms with Crippen molar-refractivity contribution in [3.05, 3.63) is 91.0 Å². The zero-order valence-electron chi connectivity index (χ0n) is 32.6. The molecule has 2 heterocycles. The Hall–Kier alpha value is -1.42. The van der Waals surface area contributed by atoms with Crippen molar-refractivity contribution in [1.82, 2.24) is 0 Å². The maximum Gasteiger partial charge on any atom is 0.146 e. The van der Waals surface area contributed by atoms with Crippen LogP contribution >= 0.6 is 7.26 Å². The average molecular weight is 861 g/mol. The lowest BCUT2D eigenvalue weighted by Crippen LogP contribution is -3.00. The molecular weight excluding hydrogens is 794 g/mol. The number of benzene rings is 3. The molecule has 0 spiro atoms. The predicted molar refractivity (Wildman–Crippen MR) is 216 cm³/mol. The molecule has 6 nitrogen and oxygen atoms in total. The number of hydrogen-bond donors (Lipinski definition) is 0. The predicted octanol–water partition coefficient (Wildman–Crippen LogP) is 6.37. The molecule has 0 radical (unpaired) electrons. The highest BCUT2D eigenvalue weighted by Crippen LogP contribution is 2.56. The molecule has 0 N–H and O–H groups in total. The number of ether oxygens (including phenoxy) is 6. The molecule has 2 aliphatic rings. The Balaban J connectivity index is 0.00000627. The Bertz CT molecular complexity index is 1250. The Morgan fingerprint density at radius 3 is 1.36 bits per heavy atom. The maximum absolute atomic E-state index is 6.84. The first-order valence-electron chi connectivity index (χ1n) is 20.3. The van der Waals surface area contributed by atoms with Crippen LogP contribution < -0.4 is 39.9 Å². The van der Waals surface area contributed by atoms with Gasteiger partial charge >= 0.3 is 0 Å². The number of rotatable bonds is 25. The lowest BCUT2D eigenvalue weighted by molar-refractivity contribution is -0.157. The zero-order valence-corrected chi connectivity index (χ0v) is 35.7. The van der Waals surface area contributed by atoms with E-state index < -0.39 is 7.26 Å². The Labute approximate surface area is 338 Å². The molecule has 0 bridgehead atoms. The zero-order chi connectivity index (χ0) is 36.3. The van der Waals surface area contributed by atoms with E-state index in [2.05, 4.69) is 97.9 Å². The molecule has 2 fully saturated rings. The van der Waals surface area contributed by atoms with Crippen LogP contribution in [0, 0.1) is 0 Å². The Kier molecular flexibility index (Phi) is 20.9. The Morgan fingerprint density at radius 1 is 0.547 bits per heavy atom. The van der Waals surface area contributed by atoms with Gasteiger partial charge < -0.3 is 52.4 Å². The van der Waals surface area contributed by atoms with Crippen molar-refractivity contribution in [2.75, 3.05) is 34.0 Å². The van der Waals surface area contributed by atoms with Crippen LogP contribution in [0.2, 0.25) is 0 Å². The highest BCUT2D eigenvalue weighted by Gasteiger charge is 2.46. The summed E-state index contributed by atoms with van der Waals surface area (Å²) in [4.78, 5) is 0. The lowest BCUT2D eigenvalue weighted by Gasteiger charge is -2.30. The van der Waals surface area contributed by atoms with E-state index in [-0.39, 0.29) is 67.4 Å². The second kappa shape index (κ2) is 25.0. The molecule has 0 unspecified atom stereocenters. The van der Waals surface area contributed by atoms with Crippen LogP contribution in [0.25, 0.3) is 0 Å². The molecule has 0 aromatic heterocycles. The summed E-state index contributed by atoms with van der Waals surface area (Å²) in [5.74, 6) is 0. The van der Waals surface area contributed by atoms with Crippen molar-refractivity contribution in [2.45, 2.75) is 140 Å². The highest BCUT2D eigenvalue weighted by atomic mass is 127. The van der Waals surface area contributed by atoms with Gasteiger partial charge in [-0.1, -0.05) is 113 Å². The van der Waals surface area contributed by atoms with Crippen molar-refractivity contribution in [3.63, 3.8) is 0 Å². The highest BCUT2D eigenvalue weighted by molar-refractivity contribution is 7.95. The van der Waals surface area contributed by atoms with Crippen LogP contribution in [0.1, 0.15) is 103 Å². The quantitative estimate of drug-likeness (QED) is 0.0428. The Morgan fingerprint density at radius 2 is 0.943 bits per heavy atom. The van der Waals surface area contributed by atoms with E-state index in [0.717, 1.165) is 51.1 Å². The number of methoxy groups -OCH3 is 2. The fourth-order valence-corrected chi connectivity index (χ4v) is 12.8. The molecule has 0 aliphatic carbocycles. The van der Waals surface area contributed by atoms with Gasteiger partial charge in [0.15, 0.2) is 0 Å².